The van der Waals surface area contributed by atoms with Crippen molar-refractivity contribution in [2.24, 2.45) is 5.92 Å². The molecular formula is C24H32O5S. The minimum atomic E-state index is -3.92. The van der Waals surface area contributed by atoms with Gasteiger partial charge in [0.05, 0.1) is 11.9 Å². The number of carbonyl (C=O) groups is 1. The quantitative estimate of drug-likeness (QED) is 0.619. The lowest BCUT2D eigenvalue weighted by Crippen LogP contribution is -2.20. The van der Waals surface area contributed by atoms with Crippen LogP contribution >= 0.6 is 0 Å². The van der Waals surface area contributed by atoms with Gasteiger partial charge in [0.1, 0.15) is 5.75 Å². The predicted octanol–water partition coefficient (Wildman–Crippen LogP) is 4.73. The van der Waals surface area contributed by atoms with E-state index in [2.05, 4.69) is 26.8 Å². The summed E-state index contributed by atoms with van der Waals surface area (Å²) >= 11 is 0. The standard InChI is InChI=1S/C24H32O5S/c1-15(2)20-7-6-8-21(16(3)17-9-10-17)22(20)12-19(25)14-30(27,28)23-11-18(13-29-23)24(4,5)26/h6-8,11,13,15-17,26H,9-10,12,14H2,1-5H3/t16-/m0/s1. The van der Waals surface area contributed by atoms with Crippen molar-refractivity contribution in [1.82, 2.24) is 0 Å². The highest BCUT2D eigenvalue weighted by Gasteiger charge is 2.32. The van der Waals surface area contributed by atoms with Crippen LogP contribution in [-0.2, 0) is 26.7 Å². The minimum Gasteiger partial charge on any atom is -0.453 e. The van der Waals surface area contributed by atoms with Crippen LogP contribution in [0, 0.1) is 5.92 Å². The van der Waals surface area contributed by atoms with Gasteiger partial charge >= 0.3 is 0 Å². The molecule has 5 nitrogen and oxygen atoms in total. The van der Waals surface area contributed by atoms with Gasteiger partial charge in [0.25, 0.3) is 0 Å². The number of sulfone groups is 1. The van der Waals surface area contributed by atoms with E-state index in [1.54, 1.807) is 13.8 Å². The van der Waals surface area contributed by atoms with E-state index in [-0.39, 0.29) is 23.2 Å². The molecule has 1 aliphatic rings. The molecule has 1 aromatic carbocycles. The van der Waals surface area contributed by atoms with Crippen LogP contribution in [0.25, 0.3) is 0 Å². The van der Waals surface area contributed by atoms with Crippen LogP contribution in [0.5, 0.6) is 0 Å². The molecule has 0 aliphatic heterocycles. The fraction of sp³-hybridized carbons (Fsp3) is 0.542. The number of benzene rings is 1. The molecule has 1 saturated carbocycles. The number of aliphatic hydroxyl groups is 1. The highest BCUT2D eigenvalue weighted by atomic mass is 32.2. The molecule has 2 aromatic rings. The Morgan fingerprint density at radius 1 is 1.20 bits per heavy atom. The Balaban J connectivity index is 1.84. The first-order chi connectivity index (χ1) is 13.9. The zero-order valence-electron chi connectivity index (χ0n) is 18.4. The molecule has 1 N–H and O–H groups in total. The van der Waals surface area contributed by atoms with Crippen molar-refractivity contribution < 1.29 is 22.7 Å². The summed E-state index contributed by atoms with van der Waals surface area (Å²) in [6.45, 7) is 9.47. The summed E-state index contributed by atoms with van der Waals surface area (Å²) in [7, 11) is -3.92. The molecule has 0 spiro atoms. The first-order valence-corrected chi connectivity index (χ1v) is 12.2. The molecule has 0 amide bonds. The Hall–Kier alpha value is -1.92. The summed E-state index contributed by atoms with van der Waals surface area (Å²) in [5, 5.41) is 9.76. The Labute approximate surface area is 179 Å². The average Bonchev–Trinajstić information content (AvgIpc) is 3.34. The molecule has 1 heterocycles. The smallest absolute Gasteiger partial charge is 0.218 e. The summed E-state index contributed by atoms with van der Waals surface area (Å²) in [4.78, 5) is 12.9. The number of hydrogen-bond donors (Lipinski definition) is 1. The van der Waals surface area contributed by atoms with Crippen LogP contribution in [0.2, 0.25) is 0 Å². The number of ketones is 1. The van der Waals surface area contributed by atoms with Gasteiger partial charge in [-0.1, -0.05) is 39.0 Å². The van der Waals surface area contributed by atoms with Crippen molar-refractivity contribution in [3.05, 3.63) is 52.8 Å². The van der Waals surface area contributed by atoms with Crippen molar-refractivity contribution in [2.75, 3.05) is 5.75 Å². The molecule has 3 rings (SSSR count). The summed E-state index contributed by atoms with van der Waals surface area (Å²) in [6, 6.07) is 7.45. The van der Waals surface area contributed by atoms with Crippen LogP contribution in [0.3, 0.4) is 0 Å². The van der Waals surface area contributed by atoms with E-state index in [9.17, 15) is 18.3 Å². The van der Waals surface area contributed by atoms with Crippen molar-refractivity contribution >= 4 is 15.6 Å². The molecule has 6 heteroatoms. The van der Waals surface area contributed by atoms with E-state index in [0.717, 1.165) is 16.7 Å². The molecule has 1 aliphatic carbocycles. The van der Waals surface area contributed by atoms with Gasteiger partial charge in [-0.25, -0.2) is 8.42 Å². The molecule has 1 fully saturated rings. The molecule has 0 unspecified atom stereocenters. The van der Waals surface area contributed by atoms with E-state index in [4.69, 9.17) is 4.42 Å². The van der Waals surface area contributed by atoms with Crippen LogP contribution in [0.15, 0.2) is 40.0 Å². The predicted molar refractivity (Wildman–Crippen MR) is 116 cm³/mol. The van der Waals surface area contributed by atoms with Gasteiger partial charge < -0.3 is 9.52 Å². The molecule has 164 valence electrons. The van der Waals surface area contributed by atoms with Crippen molar-refractivity contribution in [1.29, 1.82) is 0 Å². The second kappa shape index (κ2) is 8.31. The van der Waals surface area contributed by atoms with Crippen LogP contribution in [0.4, 0.5) is 0 Å². The van der Waals surface area contributed by atoms with Gasteiger partial charge in [-0.05, 0) is 61.1 Å². The summed E-state index contributed by atoms with van der Waals surface area (Å²) < 4.78 is 30.6. The molecule has 0 bridgehead atoms. The van der Waals surface area contributed by atoms with Crippen molar-refractivity contribution in [3.63, 3.8) is 0 Å². The van der Waals surface area contributed by atoms with E-state index >= 15 is 0 Å². The summed E-state index contributed by atoms with van der Waals surface area (Å²) in [6.07, 6.45) is 3.73. The Bertz CT molecular complexity index is 1020. The third-order valence-electron chi connectivity index (χ3n) is 6.00. The number of carbonyl (C=O) groups excluding carboxylic acids is 1. The maximum atomic E-state index is 12.9. The van der Waals surface area contributed by atoms with Gasteiger partial charge in [-0.15, -0.1) is 0 Å². The Kier molecular flexibility index (Phi) is 6.30. The first kappa shape index (κ1) is 22.8. The molecule has 0 saturated heterocycles. The van der Waals surface area contributed by atoms with Gasteiger partial charge in [-0.2, -0.15) is 0 Å². The van der Waals surface area contributed by atoms with Crippen molar-refractivity contribution in [2.45, 2.75) is 76.4 Å². The van der Waals surface area contributed by atoms with E-state index in [1.165, 1.54) is 25.2 Å². The zero-order chi connectivity index (χ0) is 22.3. The van der Waals surface area contributed by atoms with E-state index in [0.29, 0.717) is 17.4 Å². The summed E-state index contributed by atoms with van der Waals surface area (Å²) in [5.74, 6) is 0.287. The first-order valence-electron chi connectivity index (χ1n) is 10.6. The van der Waals surface area contributed by atoms with E-state index < -0.39 is 21.2 Å². The van der Waals surface area contributed by atoms with E-state index in [1.807, 2.05) is 12.1 Å². The maximum absolute atomic E-state index is 12.9. The number of Topliss-reactive ketones (excluding diaryl/α,β-unsaturated/α-hetero) is 1. The monoisotopic (exact) mass is 432 g/mol. The topological polar surface area (TPSA) is 84.6 Å². The number of hydrogen-bond acceptors (Lipinski definition) is 5. The fourth-order valence-electron chi connectivity index (χ4n) is 3.98. The molecule has 30 heavy (non-hydrogen) atoms. The lowest BCUT2D eigenvalue weighted by Gasteiger charge is -2.21. The van der Waals surface area contributed by atoms with Crippen LogP contribution in [-0.4, -0.2) is 25.1 Å². The molecule has 1 atom stereocenters. The lowest BCUT2D eigenvalue weighted by atomic mass is 9.84. The highest BCUT2D eigenvalue weighted by Crippen LogP contribution is 2.44. The largest absolute Gasteiger partial charge is 0.453 e. The second-order valence-electron chi connectivity index (χ2n) is 9.38. The maximum Gasteiger partial charge on any atom is 0.218 e. The molecule has 0 radical (unpaired) electrons. The number of rotatable bonds is 9. The van der Waals surface area contributed by atoms with Crippen LogP contribution in [0.1, 0.15) is 81.5 Å². The molecular weight excluding hydrogens is 400 g/mol. The average molecular weight is 433 g/mol. The van der Waals surface area contributed by atoms with Crippen LogP contribution < -0.4 is 0 Å². The van der Waals surface area contributed by atoms with Gasteiger partial charge in [0, 0.05) is 18.1 Å². The third kappa shape index (κ3) is 5.03. The second-order valence-corrected chi connectivity index (χ2v) is 11.3. The van der Waals surface area contributed by atoms with Gasteiger partial charge in [-0.3, -0.25) is 4.79 Å². The Morgan fingerprint density at radius 2 is 1.83 bits per heavy atom. The normalized spacial score (nSPS) is 16.1. The lowest BCUT2D eigenvalue weighted by molar-refractivity contribution is -0.116. The number of furan rings is 1. The molecule has 1 aromatic heterocycles. The summed E-state index contributed by atoms with van der Waals surface area (Å²) in [5.41, 5.74) is 2.39. The SMILES string of the molecule is CC(C)c1cccc([C@@H](C)C2CC2)c1CC(=O)CS(=O)(=O)c1cc(C(C)(C)O)co1. The fourth-order valence-corrected chi connectivity index (χ4v) is 5.15. The van der Waals surface area contributed by atoms with Crippen molar-refractivity contribution in [3.8, 4) is 0 Å². The Morgan fingerprint density at radius 3 is 2.37 bits per heavy atom. The minimum absolute atomic E-state index is 0.0963. The third-order valence-corrected chi connectivity index (χ3v) is 7.53. The van der Waals surface area contributed by atoms with Gasteiger partial charge in [0.2, 0.25) is 14.9 Å². The zero-order valence-corrected chi connectivity index (χ0v) is 19.3. The highest BCUT2D eigenvalue weighted by molar-refractivity contribution is 7.92. The van der Waals surface area contributed by atoms with Gasteiger partial charge in [0.15, 0.2) is 5.78 Å².